The van der Waals surface area contributed by atoms with Crippen molar-refractivity contribution < 1.29 is 9.47 Å². The van der Waals surface area contributed by atoms with E-state index < -0.39 is 5.69 Å². The highest BCUT2D eigenvalue weighted by Crippen LogP contribution is 2.31. The zero-order chi connectivity index (χ0) is 19.9. The van der Waals surface area contributed by atoms with Gasteiger partial charge in [0.1, 0.15) is 12.3 Å². The molecule has 0 saturated heterocycles. The number of H-pyrrole nitrogens is 1. The molecule has 0 saturated carbocycles. The summed E-state index contributed by atoms with van der Waals surface area (Å²) < 4.78 is 11.4. The molecular formula is C20H21N5O3. The molecule has 144 valence electrons. The predicted octanol–water partition coefficient (Wildman–Crippen LogP) is 2.82. The number of aromatic nitrogens is 3. The van der Waals surface area contributed by atoms with Crippen LogP contribution in [-0.4, -0.2) is 28.5 Å². The van der Waals surface area contributed by atoms with Gasteiger partial charge in [0.05, 0.1) is 13.3 Å². The molecule has 8 nitrogen and oxygen atoms in total. The first-order valence-corrected chi connectivity index (χ1v) is 8.64. The highest BCUT2D eigenvalue weighted by atomic mass is 16.5. The summed E-state index contributed by atoms with van der Waals surface area (Å²) in [5.41, 5.74) is 5.65. The third-order valence-electron chi connectivity index (χ3n) is 3.94. The number of rotatable bonds is 7. The van der Waals surface area contributed by atoms with Crippen LogP contribution in [0.4, 0.5) is 5.82 Å². The Morgan fingerprint density at radius 3 is 2.82 bits per heavy atom. The second-order valence-electron chi connectivity index (χ2n) is 6.10. The summed E-state index contributed by atoms with van der Waals surface area (Å²) in [6.07, 6.45) is 1.58. The summed E-state index contributed by atoms with van der Waals surface area (Å²) in [5.74, 6) is 1.46. The molecule has 0 aliphatic heterocycles. The standard InChI is InChI=1S/C20H21N5O3/c1-13-6-4-7-15(10-13)12-28-18-16(8-5-9-17(18)27-3)11-21-24-19-14(2)23-25-20(26)22-19/h4-11H,12H2,1-3H3,(H2,22,24,25,26)/b21-11-. The summed E-state index contributed by atoms with van der Waals surface area (Å²) >= 11 is 0. The van der Waals surface area contributed by atoms with Crippen LogP contribution in [0.1, 0.15) is 22.4 Å². The van der Waals surface area contributed by atoms with E-state index in [0.717, 1.165) is 11.1 Å². The van der Waals surface area contributed by atoms with Gasteiger partial charge in [-0.1, -0.05) is 35.9 Å². The van der Waals surface area contributed by atoms with E-state index in [1.165, 1.54) is 5.56 Å². The van der Waals surface area contributed by atoms with Crippen molar-refractivity contribution in [3.05, 3.63) is 75.3 Å². The average Bonchev–Trinajstić information content (AvgIpc) is 2.69. The van der Waals surface area contributed by atoms with Gasteiger partial charge in [-0.05, 0) is 31.5 Å². The zero-order valence-corrected chi connectivity index (χ0v) is 15.9. The van der Waals surface area contributed by atoms with Crippen molar-refractivity contribution in [1.29, 1.82) is 0 Å². The molecule has 0 fully saturated rings. The van der Waals surface area contributed by atoms with E-state index in [4.69, 9.17) is 9.47 Å². The molecule has 0 aliphatic rings. The number of nitrogens with zero attached hydrogens (tertiary/aromatic N) is 3. The SMILES string of the molecule is COc1cccc(/C=N\Nc2nc(=O)[nH]nc2C)c1OCc1cccc(C)c1. The predicted molar refractivity (Wildman–Crippen MR) is 107 cm³/mol. The van der Waals surface area contributed by atoms with E-state index in [-0.39, 0.29) is 5.82 Å². The number of aryl methyl sites for hydroxylation is 2. The fraction of sp³-hybridized carbons (Fsp3) is 0.200. The van der Waals surface area contributed by atoms with Crippen LogP contribution in [0.25, 0.3) is 0 Å². The Bertz CT molecular complexity index is 1050. The van der Waals surface area contributed by atoms with Gasteiger partial charge in [0.15, 0.2) is 17.3 Å². The highest BCUT2D eigenvalue weighted by molar-refractivity contribution is 5.85. The summed E-state index contributed by atoms with van der Waals surface area (Å²) in [5, 5.41) is 10.3. The summed E-state index contributed by atoms with van der Waals surface area (Å²) in [4.78, 5) is 15.1. The molecule has 3 rings (SSSR count). The average molecular weight is 379 g/mol. The van der Waals surface area contributed by atoms with Crippen molar-refractivity contribution >= 4 is 12.0 Å². The molecule has 0 unspecified atom stereocenters. The largest absolute Gasteiger partial charge is 0.493 e. The quantitative estimate of drug-likeness (QED) is 0.483. The lowest BCUT2D eigenvalue weighted by atomic mass is 10.1. The number of methoxy groups -OCH3 is 1. The van der Waals surface area contributed by atoms with Crippen LogP contribution in [0.15, 0.2) is 52.4 Å². The van der Waals surface area contributed by atoms with Crippen LogP contribution in [0, 0.1) is 13.8 Å². The summed E-state index contributed by atoms with van der Waals surface area (Å²) in [7, 11) is 1.59. The Morgan fingerprint density at radius 1 is 1.21 bits per heavy atom. The van der Waals surface area contributed by atoms with Gasteiger partial charge in [0.25, 0.3) is 0 Å². The van der Waals surface area contributed by atoms with E-state index >= 15 is 0 Å². The maximum Gasteiger partial charge on any atom is 0.363 e. The van der Waals surface area contributed by atoms with E-state index in [1.807, 2.05) is 43.3 Å². The Kier molecular flexibility index (Phi) is 6.01. The van der Waals surface area contributed by atoms with E-state index in [0.29, 0.717) is 23.8 Å². The maximum atomic E-state index is 11.3. The molecule has 2 N–H and O–H groups in total. The molecule has 0 atom stereocenters. The van der Waals surface area contributed by atoms with Gasteiger partial charge in [-0.3, -0.25) is 5.43 Å². The zero-order valence-electron chi connectivity index (χ0n) is 15.9. The first kappa shape index (κ1) is 19.1. The Labute approximate surface area is 162 Å². The number of ether oxygens (including phenoxy) is 2. The molecule has 0 bridgehead atoms. The van der Waals surface area contributed by atoms with Gasteiger partial charge in [-0.15, -0.1) is 0 Å². The highest BCUT2D eigenvalue weighted by Gasteiger charge is 2.10. The lowest BCUT2D eigenvalue weighted by molar-refractivity contribution is 0.284. The Morgan fingerprint density at radius 2 is 2.04 bits per heavy atom. The number of hydrazone groups is 1. The molecule has 0 aliphatic carbocycles. The van der Waals surface area contributed by atoms with Crippen molar-refractivity contribution in [2.75, 3.05) is 12.5 Å². The molecule has 2 aromatic carbocycles. The first-order valence-electron chi connectivity index (χ1n) is 8.64. The number of aromatic amines is 1. The molecule has 8 heteroatoms. The summed E-state index contributed by atoms with van der Waals surface area (Å²) in [6, 6.07) is 13.6. The fourth-order valence-electron chi connectivity index (χ4n) is 2.57. The van der Waals surface area contributed by atoms with Crippen LogP contribution >= 0.6 is 0 Å². The minimum Gasteiger partial charge on any atom is -0.493 e. The van der Waals surface area contributed by atoms with Gasteiger partial charge in [-0.25, -0.2) is 9.89 Å². The number of nitrogens with one attached hydrogen (secondary N) is 2. The van der Waals surface area contributed by atoms with Crippen molar-refractivity contribution in [2.45, 2.75) is 20.5 Å². The van der Waals surface area contributed by atoms with E-state index in [1.54, 1.807) is 20.2 Å². The minimum atomic E-state index is -0.549. The minimum absolute atomic E-state index is 0.283. The molecular weight excluding hydrogens is 358 g/mol. The lowest BCUT2D eigenvalue weighted by Gasteiger charge is -2.13. The number of para-hydroxylation sites is 1. The van der Waals surface area contributed by atoms with Crippen LogP contribution < -0.4 is 20.6 Å². The molecule has 0 radical (unpaired) electrons. The van der Waals surface area contributed by atoms with Gasteiger partial charge >= 0.3 is 5.69 Å². The second-order valence-corrected chi connectivity index (χ2v) is 6.10. The van der Waals surface area contributed by atoms with Crippen LogP contribution in [0.5, 0.6) is 11.5 Å². The topological polar surface area (TPSA) is 101 Å². The van der Waals surface area contributed by atoms with E-state index in [2.05, 4.69) is 31.8 Å². The number of benzene rings is 2. The fourth-order valence-corrected chi connectivity index (χ4v) is 2.57. The Balaban J connectivity index is 1.80. The summed E-state index contributed by atoms with van der Waals surface area (Å²) in [6.45, 7) is 4.15. The van der Waals surface area contributed by atoms with Crippen LogP contribution in [0.3, 0.4) is 0 Å². The smallest absolute Gasteiger partial charge is 0.363 e. The molecule has 28 heavy (non-hydrogen) atoms. The molecule has 0 spiro atoms. The first-order chi connectivity index (χ1) is 13.6. The van der Waals surface area contributed by atoms with Crippen molar-refractivity contribution in [3.63, 3.8) is 0 Å². The Hall–Kier alpha value is -3.68. The van der Waals surface area contributed by atoms with Crippen molar-refractivity contribution in [3.8, 4) is 11.5 Å². The maximum absolute atomic E-state index is 11.3. The van der Waals surface area contributed by atoms with Crippen molar-refractivity contribution in [1.82, 2.24) is 15.2 Å². The molecule has 3 aromatic rings. The van der Waals surface area contributed by atoms with Gasteiger partial charge in [-0.2, -0.15) is 15.2 Å². The van der Waals surface area contributed by atoms with Crippen LogP contribution in [-0.2, 0) is 6.61 Å². The monoisotopic (exact) mass is 379 g/mol. The van der Waals surface area contributed by atoms with Crippen LogP contribution in [0.2, 0.25) is 0 Å². The number of hydrogen-bond donors (Lipinski definition) is 2. The molecule has 1 heterocycles. The molecule has 0 amide bonds. The normalized spacial score (nSPS) is 10.8. The van der Waals surface area contributed by atoms with Gasteiger partial charge < -0.3 is 9.47 Å². The van der Waals surface area contributed by atoms with Crippen molar-refractivity contribution in [2.24, 2.45) is 5.10 Å². The van der Waals surface area contributed by atoms with Gasteiger partial charge in [0.2, 0.25) is 0 Å². The number of anilines is 1. The second kappa shape index (κ2) is 8.81. The number of hydrogen-bond acceptors (Lipinski definition) is 7. The van der Waals surface area contributed by atoms with Gasteiger partial charge in [0, 0.05) is 5.56 Å². The van der Waals surface area contributed by atoms with E-state index in [9.17, 15) is 4.79 Å². The molecule has 1 aromatic heterocycles. The lowest BCUT2D eigenvalue weighted by Crippen LogP contribution is -2.15. The third kappa shape index (κ3) is 4.73. The third-order valence-corrected chi connectivity index (χ3v) is 3.94.